The van der Waals surface area contributed by atoms with E-state index in [1.54, 1.807) is 0 Å². The van der Waals surface area contributed by atoms with Crippen molar-refractivity contribution in [3.8, 4) is 29.0 Å². The zero-order valence-electron chi connectivity index (χ0n) is 21.0. The van der Waals surface area contributed by atoms with Crippen molar-refractivity contribution in [2.24, 2.45) is 5.73 Å². The fraction of sp³-hybridized carbons (Fsp3) is 0.480. The Morgan fingerprint density at radius 2 is 1.68 bits per heavy atom. The van der Waals surface area contributed by atoms with Crippen LogP contribution in [0.4, 0.5) is 8.78 Å². The minimum absolute atomic E-state index is 0.0339. The average molecular weight is 525 g/mol. The molecule has 1 aromatic carbocycles. The van der Waals surface area contributed by atoms with Crippen LogP contribution in [0, 0.1) is 0 Å². The molecule has 0 aliphatic heterocycles. The lowest BCUT2D eigenvalue weighted by Gasteiger charge is -2.34. The predicted octanol–water partition coefficient (Wildman–Crippen LogP) is 3.50. The van der Waals surface area contributed by atoms with Crippen LogP contribution in [-0.4, -0.2) is 63.4 Å². The Hall–Kier alpha value is -3.67. The quantitative estimate of drug-likeness (QED) is 0.364. The van der Waals surface area contributed by atoms with Gasteiger partial charge in [0.05, 0.1) is 26.9 Å². The highest BCUT2D eigenvalue weighted by atomic mass is 19.3. The van der Waals surface area contributed by atoms with Crippen molar-refractivity contribution in [2.45, 2.75) is 50.7 Å². The van der Waals surface area contributed by atoms with Crippen LogP contribution in [0.25, 0.3) is 0 Å². The van der Waals surface area contributed by atoms with Crippen molar-refractivity contribution >= 4 is 11.9 Å². The molecule has 12 heteroatoms. The third kappa shape index (κ3) is 7.19. The number of rotatable bonds is 10. The second-order valence-corrected chi connectivity index (χ2v) is 8.39. The number of nitrogens with zero attached hydrogens (tertiary/aromatic N) is 1. The number of halogens is 2. The lowest BCUT2D eigenvalue weighted by molar-refractivity contribution is -0.148. The van der Waals surface area contributed by atoms with Crippen LogP contribution >= 0.6 is 0 Å². The molecule has 10 nitrogen and oxygen atoms in total. The fourth-order valence-corrected chi connectivity index (χ4v) is 4.18. The molecule has 0 saturated heterocycles. The fourth-order valence-electron chi connectivity index (χ4n) is 4.18. The highest BCUT2D eigenvalue weighted by Gasteiger charge is 2.34. The van der Waals surface area contributed by atoms with Crippen LogP contribution in [0.1, 0.15) is 48.0 Å². The summed E-state index contributed by atoms with van der Waals surface area (Å²) < 4.78 is 57.7. The van der Waals surface area contributed by atoms with Gasteiger partial charge < -0.3 is 34.2 Å². The molecule has 3 rings (SSSR count). The number of hydrogen-bond acceptors (Lipinski definition) is 10. The first-order valence-electron chi connectivity index (χ1n) is 11.5. The van der Waals surface area contributed by atoms with E-state index in [2.05, 4.69) is 4.98 Å². The van der Waals surface area contributed by atoms with Gasteiger partial charge in [-0.1, -0.05) is 0 Å². The number of benzene rings is 1. The van der Waals surface area contributed by atoms with E-state index in [9.17, 15) is 18.4 Å². The smallest absolute Gasteiger partial charge is 0.343 e. The molecule has 3 atom stereocenters. The molecule has 1 aromatic heterocycles. The molecule has 1 aliphatic rings. The molecule has 3 unspecified atom stereocenters. The van der Waals surface area contributed by atoms with E-state index in [1.165, 1.54) is 52.5 Å². The van der Waals surface area contributed by atoms with Gasteiger partial charge in [0.1, 0.15) is 18.5 Å². The molecule has 2 aromatic rings. The van der Waals surface area contributed by atoms with Crippen LogP contribution in [0.5, 0.6) is 29.0 Å². The average Bonchev–Trinajstić information content (AvgIpc) is 2.87. The number of esters is 2. The number of ether oxygens (including phenoxy) is 6. The lowest BCUT2D eigenvalue weighted by Crippen LogP contribution is -2.38. The molecule has 0 amide bonds. The molecule has 37 heavy (non-hydrogen) atoms. The molecule has 202 valence electrons. The Bertz CT molecular complexity index is 1090. The van der Waals surface area contributed by atoms with Gasteiger partial charge in [-0.3, -0.25) is 4.79 Å². The van der Waals surface area contributed by atoms with Gasteiger partial charge in [-0.25, -0.2) is 13.6 Å². The normalized spacial score (nSPS) is 19.2. The maximum atomic E-state index is 13.1. The number of carbonyl (C=O) groups excluding carboxylic acids is 2. The second-order valence-electron chi connectivity index (χ2n) is 8.39. The van der Waals surface area contributed by atoms with Crippen molar-refractivity contribution in [1.82, 2.24) is 4.98 Å². The van der Waals surface area contributed by atoms with Gasteiger partial charge in [-0.15, -0.1) is 0 Å². The molecule has 0 radical (unpaired) electrons. The second kappa shape index (κ2) is 12.5. The number of hydrogen-bond donors (Lipinski definition) is 1. The van der Waals surface area contributed by atoms with E-state index in [1.807, 2.05) is 0 Å². The van der Waals surface area contributed by atoms with Crippen LogP contribution < -0.4 is 29.4 Å². The zero-order chi connectivity index (χ0) is 27.1. The number of methoxy groups -OCH3 is 3. The maximum absolute atomic E-state index is 13.1. The maximum Gasteiger partial charge on any atom is 0.343 e. The Morgan fingerprint density at radius 3 is 2.24 bits per heavy atom. The molecule has 2 N–H and O–H groups in total. The number of carbonyl (C=O) groups is 2. The van der Waals surface area contributed by atoms with Crippen molar-refractivity contribution in [2.75, 3.05) is 27.9 Å². The van der Waals surface area contributed by atoms with Crippen molar-refractivity contribution in [3.05, 3.63) is 35.4 Å². The molecular formula is C25H30F2N2O8. The number of nitrogens with two attached hydrogens (primary N) is 1. The molecular weight excluding hydrogens is 494 g/mol. The van der Waals surface area contributed by atoms with Gasteiger partial charge in [-0.2, -0.15) is 4.98 Å². The van der Waals surface area contributed by atoms with Gasteiger partial charge in [0.25, 0.3) is 6.43 Å². The highest BCUT2D eigenvalue weighted by molar-refractivity contribution is 5.92. The van der Waals surface area contributed by atoms with E-state index in [0.717, 1.165) is 0 Å². The predicted molar refractivity (Wildman–Crippen MR) is 127 cm³/mol. The molecule has 1 saturated carbocycles. The minimum atomic E-state index is -2.72. The summed E-state index contributed by atoms with van der Waals surface area (Å²) in [6.07, 6.45) is -1.70. The Morgan fingerprint density at radius 1 is 1.00 bits per heavy atom. The third-order valence-corrected chi connectivity index (χ3v) is 5.88. The van der Waals surface area contributed by atoms with E-state index in [4.69, 9.17) is 34.2 Å². The monoisotopic (exact) mass is 524 g/mol. The summed E-state index contributed by atoms with van der Waals surface area (Å²) in [5.41, 5.74) is 6.94. The SMILES string of the molecule is COc1cc(C(=O)Oc2cc(OC)c(OCC(F)F)cc2C2CC(OC(C)=O)CCC2N)cc(OC)n1. The number of pyridine rings is 1. The first kappa shape index (κ1) is 27.9. The van der Waals surface area contributed by atoms with Crippen molar-refractivity contribution in [1.29, 1.82) is 0 Å². The zero-order valence-corrected chi connectivity index (χ0v) is 21.0. The summed E-state index contributed by atoms with van der Waals surface area (Å²) >= 11 is 0. The number of aromatic nitrogens is 1. The van der Waals surface area contributed by atoms with Gasteiger partial charge in [-0.05, 0) is 25.3 Å². The first-order valence-corrected chi connectivity index (χ1v) is 11.5. The standard InChI is InChI=1S/C25H30F2N2O8/c1-13(30)36-15-5-6-18(28)16(9-15)17-10-21(35-12-22(26)27)20(32-2)11-19(17)37-25(31)14-7-23(33-3)29-24(8-14)34-4/h7-8,10-11,15-16,18,22H,5-6,9,12,28H2,1-4H3. The Labute approximate surface area is 212 Å². The minimum Gasteiger partial charge on any atom is -0.493 e. The summed E-state index contributed by atoms with van der Waals surface area (Å²) in [5.74, 6) is -1.15. The van der Waals surface area contributed by atoms with Gasteiger partial charge in [0, 0.05) is 42.6 Å². The largest absolute Gasteiger partial charge is 0.493 e. The number of alkyl halides is 2. The highest BCUT2D eigenvalue weighted by Crippen LogP contribution is 2.44. The summed E-state index contributed by atoms with van der Waals surface area (Å²) in [5, 5.41) is 0. The molecule has 1 fully saturated rings. The molecule has 1 heterocycles. The summed E-state index contributed by atoms with van der Waals surface area (Å²) in [7, 11) is 4.11. The van der Waals surface area contributed by atoms with E-state index >= 15 is 0 Å². The van der Waals surface area contributed by atoms with E-state index < -0.39 is 37.0 Å². The van der Waals surface area contributed by atoms with Crippen molar-refractivity contribution in [3.63, 3.8) is 0 Å². The lowest BCUT2D eigenvalue weighted by atomic mass is 9.78. The third-order valence-electron chi connectivity index (χ3n) is 5.88. The topological polar surface area (TPSA) is 128 Å². The van der Waals surface area contributed by atoms with Crippen LogP contribution in [-0.2, 0) is 9.53 Å². The Kier molecular flexibility index (Phi) is 9.45. The van der Waals surface area contributed by atoms with Crippen molar-refractivity contribution < 1.29 is 46.8 Å². The van der Waals surface area contributed by atoms with Crippen LogP contribution in [0.3, 0.4) is 0 Å². The molecule has 1 aliphatic carbocycles. The first-order chi connectivity index (χ1) is 17.6. The van der Waals surface area contributed by atoms with Gasteiger partial charge in [0.15, 0.2) is 11.5 Å². The van der Waals surface area contributed by atoms with Crippen LogP contribution in [0.2, 0.25) is 0 Å². The Balaban J connectivity index is 2.04. The summed E-state index contributed by atoms with van der Waals surface area (Å²) in [6.45, 7) is 0.454. The summed E-state index contributed by atoms with van der Waals surface area (Å²) in [6, 6.07) is 5.22. The molecule has 0 bridgehead atoms. The van der Waals surface area contributed by atoms with E-state index in [0.29, 0.717) is 24.8 Å². The van der Waals surface area contributed by atoms with Gasteiger partial charge in [0.2, 0.25) is 11.8 Å². The van der Waals surface area contributed by atoms with Crippen LogP contribution in [0.15, 0.2) is 24.3 Å². The summed E-state index contributed by atoms with van der Waals surface area (Å²) in [4.78, 5) is 28.7. The van der Waals surface area contributed by atoms with Gasteiger partial charge >= 0.3 is 11.9 Å². The van der Waals surface area contributed by atoms with E-state index in [-0.39, 0.29) is 40.6 Å². The molecule has 0 spiro atoms.